The predicted octanol–water partition coefficient (Wildman–Crippen LogP) is 0.132. The van der Waals surface area contributed by atoms with E-state index in [-0.39, 0.29) is 12.0 Å². The minimum atomic E-state index is -0.0486. The minimum Gasteiger partial charge on any atom is -0.464 e. The molecule has 1 unspecified atom stereocenters. The summed E-state index contributed by atoms with van der Waals surface area (Å²) in [6.45, 7) is 3.90. The summed E-state index contributed by atoms with van der Waals surface area (Å²) in [6, 6.07) is -0.00000758. The van der Waals surface area contributed by atoms with Gasteiger partial charge in [-0.1, -0.05) is 0 Å². The van der Waals surface area contributed by atoms with Gasteiger partial charge in [0.05, 0.1) is 12.7 Å². The Hall–Kier alpha value is -0.650. The van der Waals surface area contributed by atoms with Crippen molar-refractivity contribution in [2.24, 2.45) is 5.73 Å². The van der Waals surface area contributed by atoms with Gasteiger partial charge >= 0.3 is 5.97 Å². The monoisotopic (exact) mass is 242 g/mol. The largest absolute Gasteiger partial charge is 0.464 e. The highest BCUT2D eigenvalue weighted by Crippen LogP contribution is 2.21. The molecule has 0 amide bonds. The lowest BCUT2D eigenvalue weighted by atomic mass is 10.0. The number of piperidine rings is 1. The van der Waals surface area contributed by atoms with Crippen LogP contribution >= 0.6 is 0 Å². The van der Waals surface area contributed by atoms with Crippen molar-refractivity contribution < 1.29 is 14.3 Å². The molecule has 2 saturated heterocycles. The standard InChI is InChI=1S/C12H22N2O3/c13-5-1-8-16-10-2-6-14(7-3-10)11-4-9-17-12(11)15/h10-11H,1-9,13H2. The van der Waals surface area contributed by atoms with Crippen LogP contribution < -0.4 is 5.73 Å². The number of ether oxygens (including phenoxy) is 2. The van der Waals surface area contributed by atoms with E-state index in [4.69, 9.17) is 15.2 Å². The molecule has 0 aliphatic carbocycles. The molecule has 2 aliphatic heterocycles. The zero-order chi connectivity index (χ0) is 12.1. The summed E-state index contributed by atoms with van der Waals surface area (Å²) in [5, 5.41) is 0. The molecule has 0 spiro atoms. The lowest BCUT2D eigenvalue weighted by molar-refractivity contribution is -0.143. The Balaban J connectivity index is 1.68. The van der Waals surface area contributed by atoms with Gasteiger partial charge in [-0.05, 0) is 25.8 Å². The third-order valence-electron chi connectivity index (χ3n) is 3.53. The Labute approximate surface area is 102 Å². The topological polar surface area (TPSA) is 64.8 Å². The van der Waals surface area contributed by atoms with E-state index in [1.54, 1.807) is 0 Å². The first-order valence-electron chi connectivity index (χ1n) is 6.53. The van der Waals surface area contributed by atoms with Crippen LogP contribution in [0.2, 0.25) is 0 Å². The maximum absolute atomic E-state index is 11.5. The first-order valence-corrected chi connectivity index (χ1v) is 6.53. The molecule has 0 aromatic rings. The molecular formula is C12H22N2O3. The van der Waals surface area contributed by atoms with Crippen molar-refractivity contribution in [1.82, 2.24) is 4.90 Å². The van der Waals surface area contributed by atoms with Gasteiger partial charge in [0.1, 0.15) is 6.04 Å². The second-order valence-corrected chi connectivity index (χ2v) is 4.72. The third-order valence-corrected chi connectivity index (χ3v) is 3.53. The molecule has 5 nitrogen and oxygen atoms in total. The Bertz CT molecular complexity index is 252. The molecule has 0 saturated carbocycles. The van der Waals surface area contributed by atoms with Crippen molar-refractivity contribution in [3.8, 4) is 0 Å². The van der Waals surface area contributed by atoms with Gasteiger partial charge in [0, 0.05) is 26.1 Å². The number of carbonyl (C=O) groups is 1. The second kappa shape index (κ2) is 6.33. The van der Waals surface area contributed by atoms with Gasteiger partial charge in [0.25, 0.3) is 0 Å². The number of nitrogens with two attached hydrogens (primary N) is 1. The molecule has 0 aromatic carbocycles. The highest BCUT2D eigenvalue weighted by Gasteiger charge is 2.34. The number of esters is 1. The van der Waals surface area contributed by atoms with E-state index in [1.165, 1.54) is 0 Å². The lowest BCUT2D eigenvalue weighted by Gasteiger charge is -2.34. The second-order valence-electron chi connectivity index (χ2n) is 4.72. The van der Waals surface area contributed by atoms with Crippen molar-refractivity contribution >= 4 is 5.97 Å². The van der Waals surface area contributed by atoms with Crippen LogP contribution in [-0.4, -0.2) is 55.9 Å². The first-order chi connectivity index (χ1) is 8.31. The van der Waals surface area contributed by atoms with Crippen molar-refractivity contribution in [2.75, 3.05) is 32.8 Å². The summed E-state index contributed by atoms with van der Waals surface area (Å²) in [6.07, 6.45) is 4.13. The molecule has 2 aliphatic rings. The summed E-state index contributed by atoms with van der Waals surface area (Å²) < 4.78 is 10.7. The SMILES string of the molecule is NCCCOC1CCN(C2CCOC2=O)CC1. The minimum absolute atomic E-state index is 0.00000758. The Kier molecular flexibility index (Phi) is 4.76. The predicted molar refractivity (Wildman–Crippen MR) is 63.6 cm³/mol. The summed E-state index contributed by atoms with van der Waals surface area (Å²) in [4.78, 5) is 13.7. The smallest absolute Gasteiger partial charge is 0.323 e. The summed E-state index contributed by atoms with van der Waals surface area (Å²) >= 11 is 0. The first kappa shape index (κ1) is 12.8. The van der Waals surface area contributed by atoms with Crippen LogP contribution in [0.3, 0.4) is 0 Å². The molecule has 0 radical (unpaired) electrons. The number of nitrogens with zero attached hydrogens (tertiary/aromatic N) is 1. The number of rotatable bonds is 5. The van der Waals surface area contributed by atoms with E-state index in [1.807, 2.05) is 0 Å². The lowest BCUT2D eigenvalue weighted by Crippen LogP contribution is -2.45. The van der Waals surface area contributed by atoms with Gasteiger partial charge < -0.3 is 15.2 Å². The molecule has 0 bridgehead atoms. The van der Waals surface area contributed by atoms with Crippen LogP contribution in [0.5, 0.6) is 0 Å². The van der Waals surface area contributed by atoms with Crippen LogP contribution in [0.25, 0.3) is 0 Å². The highest BCUT2D eigenvalue weighted by atomic mass is 16.5. The maximum atomic E-state index is 11.5. The van der Waals surface area contributed by atoms with Crippen LogP contribution in [0.4, 0.5) is 0 Å². The molecule has 17 heavy (non-hydrogen) atoms. The summed E-state index contributed by atoms with van der Waals surface area (Å²) in [7, 11) is 0. The zero-order valence-electron chi connectivity index (χ0n) is 10.3. The fraction of sp³-hybridized carbons (Fsp3) is 0.917. The van der Waals surface area contributed by atoms with E-state index < -0.39 is 0 Å². The van der Waals surface area contributed by atoms with Gasteiger partial charge in [-0.2, -0.15) is 0 Å². The number of cyclic esters (lactones) is 1. The Morgan fingerprint density at radius 1 is 1.35 bits per heavy atom. The van der Waals surface area contributed by atoms with Gasteiger partial charge in [-0.25, -0.2) is 0 Å². The van der Waals surface area contributed by atoms with Crippen molar-refractivity contribution in [2.45, 2.75) is 37.8 Å². The summed E-state index contributed by atoms with van der Waals surface area (Å²) in [5.41, 5.74) is 5.42. The molecule has 2 rings (SSSR count). The molecule has 0 aromatic heterocycles. The fourth-order valence-corrected chi connectivity index (χ4v) is 2.50. The molecule has 1 atom stereocenters. The third kappa shape index (κ3) is 3.40. The number of carbonyl (C=O) groups excluding carboxylic acids is 1. The van der Waals surface area contributed by atoms with Crippen molar-refractivity contribution in [1.29, 1.82) is 0 Å². The van der Waals surface area contributed by atoms with E-state index in [2.05, 4.69) is 4.90 Å². The fourth-order valence-electron chi connectivity index (χ4n) is 2.50. The Morgan fingerprint density at radius 3 is 2.71 bits per heavy atom. The Morgan fingerprint density at radius 2 is 2.12 bits per heavy atom. The quantitative estimate of drug-likeness (QED) is 0.548. The molecule has 2 N–H and O–H groups in total. The van der Waals surface area contributed by atoms with Crippen molar-refractivity contribution in [3.05, 3.63) is 0 Å². The van der Waals surface area contributed by atoms with Gasteiger partial charge in [-0.15, -0.1) is 0 Å². The van der Waals surface area contributed by atoms with Crippen LogP contribution in [-0.2, 0) is 14.3 Å². The van der Waals surface area contributed by atoms with Crippen LogP contribution in [0, 0.1) is 0 Å². The van der Waals surface area contributed by atoms with Crippen LogP contribution in [0.15, 0.2) is 0 Å². The van der Waals surface area contributed by atoms with Gasteiger partial charge in [0.2, 0.25) is 0 Å². The highest BCUT2D eigenvalue weighted by molar-refractivity contribution is 5.77. The van der Waals surface area contributed by atoms with Crippen molar-refractivity contribution in [3.63, 3.8) is 0 Å². The normalized spacial score (nSPS) is 27.4. The molecule has 5 heteroatoms. The molecule has 2 heterocycles. The van der Waals surface area contributed by atoms with Gasteiger partial charge in [0.15, 0.2) is 0 Å². The van der Waals surface area contributed by atoms with E-state index >= 15 is 0 Å². The number of hydrogen-bond donors (Lipinski definition) is 1. The maximum Gasteiger partial charge on any atom is 0.323 e. The molecule has 98 valence electrons. The summed E-state index contributed by atoms with van der Waals surface area (Å²) in [5.74, 6) is -0.0486. The van der Waals surface area contributed by atoms with E-state index in [0.29, 0.717) is 19.3 Å². The number of hydrogen-bond acceptors (Lipinski definition) is 5. The average molecular weight is 242 g/mol. The number of likely N-dealkylation sites (tertiary alicyclic amines) is 1. The van der Waals surface area contributed by atoms with Gasteiger partial charge in [-0.3, -0.25) is 9.69 Å². The molecular weight excluding hydrogens is 220 g/mol. The zero-order valence-corrected chi connectivity index (χ0v) is 10.3. The molecule has 2 fully saturated rings. The average Bonchev–Trinajstić information content (AvgIpc) is 2.77. The van der Waals surface area contributed by atoms with E-state index in [0.717, 1.165) is 45.4 Å². The van der Waals surface area contributed by atoms with Crippen LogP contribution in [0.1, 0.15) is 25.7 Å². The van der Waals surface area contributed by atoms with E-state index in [9.17, 15) is 4.79 Å².